The van der Waals surface area contributed by atoms with Crippen molar-refractivity contribution in [3.63, 3.8) is 0 Å². The highest BCUT2D eigenvalue weighted by Gasteiger charge is 1.86. The van der Waals surface area contributed by atoms with Gasteiger partial charge in [0.05, 0.1) is 0 Å². The molecular weight excluding hydrogens is 139 g/mol. The maximum absolute atomic E-state index is 12.5. The lowest BCUT2D eigenvalue weighted by atomic mass is 10.1. The number of hydrogen-bond acceptors (Lipinski definition) is 0. The van der Waals surface area contributed by atoms with Crippen LogP contribution < -0.4 is 0 Å². The van der Waals surface area contributed by atoms with E-state index in [0.717, 1.165) is 5.57 Å². The normalized spacial score (nSPS) is 12.3. The van der Waals surface area contributed by atoms with Gasteiger partial charge in [0.25, 0.3) is 0 Å². The van der Waals surface area contributed by atoms with Gasteiger partial charge in [-0.05, 0) is 33.8 Å². The van der Waals surface area contributed by atoms with Crippen molar-refractivity contribution in [2.24, 2.45) is 0 Å². The van der Waals surface area contributed by atoms with E-state index in [1.807, 2.05) is 20.8 Å². The summed E-state index contributed by atoms with van der Waals surface area (Å²) in [5, 5.41) is 0. The molecule has 0 saturated heterocycles. The molecule has 0 aromatic heterocycles. The van der Waals surface area contributed by atoms with Crippen molar-refractivity contribution in [2.45, 2.75) is 27.7 Å². The summed E-state index contributed by atoms with van der Waals surface area (Å²) in [7, 11) is 0. The van der Waals surface area contributed by atoms with E-state index in [2.05, 4.69) is 0 Å². The fourth-order valence-electron chi connectivity index (χ4n) is 0.468. The van der Waals surface area contributed by atoms with Gasteiger partial charge in [-0.3, -0.25) is 0 Å². The minimum atomic E-state index is -0.189. The molecule has 0 nitrogen and oxygen atoms in total. The second-order valence-electron chi connectivity index (χ2n) is 2.69. The van der Waals surface area contributed by atoms with Crippen molar-refractivity contribution in [2.75, 3.05) is 0 Å². The quantitative estimate of drug-likeness (QED) is 0.531. The lowest BCUT2D eigenvalue weighted by Crippen LogP contribution is -1.73. The van der Waals surface area contributed by atoms with Gasteiger partial charge in [-0.1, -0.05) is 23.3 Å². The average Bonchev–Trinajstić information content (AvgIpc) is 1.99. The predicted molar refractivity (Wildman–Crippen MR) is 48.1 cm³/mol. The largest absolute Gasteiger partial charge is 0.207 e. The molecule has 0 atom stereocenters. The molecule has 0 aromatic carbocycles. The van der Waals surface area contributed by atoms with Gasteiger partial charge >= 0.3 is 0 Å². The number of halogens is 1. The summed E-state index contributed by atoms with van der Waals surface area (Å²) in [4.78, 5) is 0. The molecule has 0 radical (unpaired) electrons. The molecular formula is C10H15F. The van der Waals surface area contributed by atoms with Crippen LogP contribution in [0.5, 0.6) is 0 Å². The van der Waals surface area contributed by atoms with Crippen LogP contribution in [-0.2, 0) is 0 Å². The molecule has 0 saturated carbocycles. The van der Waals surface area contributed by atoms with E-state index in [4.69, 9.17) is 0 Å². The van der Waals surface area contributed by atoms with E-state index in [1.165, 1.54) is 17.7 Å². The van der Waals surface area contributed by atoms with Crippen LogP contribution in [-0.4, -0.2) is 0 Å². The molecule has 0 spiro atoms. The minimum absolute atomic E-state index is 0.189. The molecule has 0 bridgehead atoms. The van der Waals surface area contributed by atoms with Crippen molar-refractivity contribution < 1.29 is 4.39 Å². The Balaban J connectivity index is 4.27. The maximum Gasteiger partial charge on any atom is 0.118 e. The topological polar surface area (TPSA) is 0 Å². The Morgan fingerprint density at radius 3 is 2.00 bits per heavy atom. The molecule has 0 aliphatic rings. The fourth-order valence-corrected chi connectivity index (χ4v) is 0.468. The summed E-state index contributed by atoms with van der Waals surface area (Å²) in [5.41, 5.74) is 2.33. The molecule has 0 aliphatic carbocycles. The monoisotopic (exact) mass is 154 g/mol. The van der Waals surface area contributed by atoms with Crippen LogP contribution >= 0.6 is 0 Å². The van der Waals surface area contributed by atoms with Crippen LogP contribution in [0.2, 0.25) is 0 Å². The summed E-state index contributed by atoms with van der Waals surface area (Å²) in [6.07, 6.45) is 4.70. The standard InChI is InChI=1S/C10H15F/c1-5-10(11)7-6-9(4)8(2)3/h5-7H,1-4H3/b7-6-,10-5+. The fraction of sp³-hybridized carbons (Fsp3) is 0.400. The second-order valence-corrected chi connectivity index (χ2v) is 2.69. The summed E-state index contributed by atoms with van der Waals surface area (Å²) in [5.74, 6) is -0.189. The molecule has 0 heterocycles. The first-order valence-electron chi connectivity index (χ1n) is 3.72. The Hall–Kier alpha value is -0.850. The molecule has 62 valence electrons. The van der Waals surface area contributed by atoms with Gasteiger partial charge in [-0.25, -0.2) is 4.39 Å². The lowest BCUT2D eigenvalue weighted by molar-refractivity contribution is 0.664. The van der Waals surface area contributed by atoms with Gasteiger partial charge in [0.2, 0.25) is 0 Å². The summed E-state index contributed by atoms with van der Waals surface area (Å²) >= 11 is 0. The van der Waals surface area contributed by atoms with Crippen molar-refractivity contribution in [3.05, 3.63) is 35.2 Å². The Bertz CT molecular complexity index is 203. The SMILES string of the molecule is C/C=C(F)\C=C/C(C)=C(C)C. The van der Waals surface area contributed by atoms with E-state index in [1.54, 1.807) is 13.0 Å². The van der Waals surface area contributed by atoms with Gasteiger partial charge < -0.3 is 0 Å². The lowest BCUT2D eigenvalue weighted by Gasteiger charge is -1.93. The van der Waals surface area contributed by atoms with Crippen molar-refractivity contribution in [3.8, 4) is 0 Å². The predicted octanol–water partition coefficient (Wildman–Crippen LogP) is 3.77. The highest BCUT2D eigenvalue weighted by atomic mass is 19.1. The van der Waals surface area contributed by atoms with Crippen molar-refractivity contribution in [1.29, 1.82) is 0 Å². The Morgan fingerprint density at radius 2 is 1.64 bits per heavy atom. The maximum atomic E-state index is 12.5. The smallest absolute Gasteiger partial charge is 0.118 e. The number of hydrogen-bond donors (Lipinski definition) is 0. The van der Waals surface area contributed by atoms with Gasteiger partial charge in [-0.15, -0.1) is 0 Å². The molecule has 0 unspecified atom stereocenters. The third-order valence-corrected chi connectivity index (χ3v) is 1.56. The van der Waals surface area contributed by atoms with Gasteiger partial charge in [0.15, 0.2) is 0 Å². The van der Waals surface area contributed by atoms with Crippen LogP contribution in [0, 0.1) is 0 Å². The first-order valence-corrected chi connectivity index (χ1v) is 3.72. The highest BCUT2D eigenvalue weighted by molar-refractivity contribution is 5.25. The van der Waals surface area contributed by atoms with Crippen molar-refractivity contribution in [1.82, 2.24) is 0 Å². The molecule has 0 aromatic rings. The zero-order valence-electron chi connectivity index (χ0n) is 7.61. The van der Waals surface area contributed by atoms with Crippen LogP contribution in [0.4, 0.5) is 4.39 Å². The zero-order chi connectivity index (χ0) is 8.85. The van der Waals surface area contributed by atoms with E-state index < -0.39 is 0 Å². The number of rotatable bonds is 2. The Kier molecular flexibility index (Phi) is 4.51. The Labute approximate surface area is 68.1 Å². The van der Waals surface area contributed by atoms with Gasteiger partial charge in [0.1, 0.15) is 5.83 Å². The van der Waals surface area contributed by atoms with Crippen LogP contribution in [0.25, 0.3) is 0 Å². The van der Waals surface area contributed by atoms with E-state index >= 15 is 0 Å². The van der Waals surface area contributed by atoms with Gasteiger partial charge in [0, 0.05) is 0 Å². The van der Waals surface area contributed by atoms with Crippen molar-refractivity contribution >= 4 is 0 Å². The molecule has 0 rings (SSSR count). The van der Waals surface area contributed by atoms with E-state index in [9.17, 15) is 4.39 Å². The molecule has 0 aliphatic heterocycles. The highest BCUT2D eigenvalue weighted by Crippen LogP contribution is 2.06. The van der Waals surface area contributed by atoms with Crippen LogP contribution in [0.3, 0.4) is 0 Å². The minimum Gasteiger partial charge on any atom is -0.207 e. The second kappa shape index (κ2) is 4.89. The number of allylic oxidation sites excluding steroid dienone is 6. The average molecular weight is 154 g/mol. The Morgan fingerprint density at radius 1 is 1.09 bits per heavy atom. The zero-order valence-corrected chi connectivity index (χ0v) is 7.61. The molecule has 0 fully saturated rings. The summed E-state index contributed by atoms with van der Waals surface area (Å²) in [6.45, 7) is 7.66. The van der Waals surface area contributed by atoms with Crippen LogP contribution in [0.15, 0.2) is 35.2 Å². The van der Waals surface area contributed by atoms with E-state index in [-0.39, 0.29) is 5.83 Å². The first kappa shape index (κ1) is 10.2. The third kappa shape index (κ3) is 4.54. The van der Waals surface area contributed by atoms with Gasteiger partial charge in [-0.2, -0.15) is 0 Å². The molecule has 0 amide bonds. The first-order chi connectivity index (χ1) is 5.07. The van der Waals surface area contributed by atoms with Crippen LogP contribution in [0.1, 0.15) is 27.7 Å². The summed E-state index contributed by atoms with van der Waals surface area (Å²) in [6, 6.07) is 0. The molecule has 11 heavy (non-hydrogen) atoms. The molecule has 0 N–H and O–H groups in total. The summed E-state index contributed by atoms with van der Waals surface area (Å²) < 4.78 is 12.5. The third-order valence-electron chi connectivity index (χ3n) is 1.56. The van der Waals surface area contributed by atoms with E-state index in [0.29, 0.717) is 0 Å². The molecule has 1 heteroatoms.